The number of carbonyl (C=O) groups excluding carboxylic acids is 2. The van der Waals surface area contributed by atoms with E-state index in [-0.39, 0.29) is 17.1 Å². The second-order valence-corrected chi connectivity index (χ2v) is 6.96. The van der Waals surface area contributed by atoms with E-state index in [4.69, 9.17) is 4.74 Å². The number of benzene rings is 2. The molecule has 1 atom stereocenters. The molecule has 2 aromatic carbocycles. The zero-order valence-electron chi connectivity index (χ0n) is 16.6. The fourth-order valence-electron chi connectivity index (χ4n) is 3.46. The molecule has 6 heteroatoms. The number of amides is 1. The van der Waals surface area contributed by atoms with Crippen LogP contribution in [-0.4, -0.2) is 40.0 Å². The third-order valence-electron chi connectivity index (χ3n) is 4.79. The van der Waals surface area contributed by atoms with Crippen LogP contribution in [0.25, 0.3) is 5.76 Å². The van der Waals surface area contributed by atoms with Gasteiger partial charge in [0.1, 0.15) is 17.3 Å². The molecule has 0 spiro atoms. The average Bonchev–Trinajstić information content (AvgIpc) is 2.98. The number of ketones is 1. The Morgan fingerprint density at radius 1 is 1.07 bits per heavy atom. The Morgan fingerprint density at radius 3 is 2.45 bits per heavy atom. The molecule has 3 rings (SSSR count). The van der Waals surface area contributed by atoms with Gasteiger partial charge in [0.25, 0.3) is 11.7 Å². The van der Waals surface area contributed by atoms with Gasteiger partial charge in [0, 0.05) is 12.1 Å². The summed E-state index contributed by atoms with van der Waals surface area (Å²) in [6.07, 6.45) is 1.52. The molecule has 1 aliphatic rings. The van der Waals surface area contributed by atoms with Crippen LogP contribution in [0.15, 0.2) is 54.1 Å². The first kappa shape index (κ1) is 20.5. The Kier molecular flexibility index (Phi) is 6.22. The number of aliphatic hydroxyl groups is 1. The number of nitrogens with zero attached hydrogens (tertiary/aromatic N) is 1. The Morgan fingerprint density at radius 2 is 1.79 bits per heavy atom. The van der Waals surface area contributed by atoms with E-state index in [1.54, 1.807) is 36.4 Å². The minimum absolute atomic E-state index is 0.0433. The fraction of sp³-hybridized carbons (Fsp3) is 0.304. The van der Waals surface area contributed by atoms with Crippen molar-refractivity contribution in [2.75, 3.05) is 13.2 Å². The monoisotopic (exact) mass is 395 g/mol. The van der Waals surface area contributed by atoms with Crippen molar-refractivity contribution < 1.29 is 24.5 Å². The molecule has 1 saturated heterocycles. The summed E-state index contributed by atoms with van der Waals surface area (Å²) in [4.78, 5) is 27.0. The third kappa shape index (κ3) is 4.11. The summed E-state index contributed by atoms with van der Waals surface area (Å²) >= 11 is 0. The molecule has 6 nitrogen and oxygen atoms in total. The van der Waals surface area contributed by atoms with E-state index in [9.17, 15) is 19.8 Å². The molecule has 0 aliphatic carbocycles. The summed E-state index contributed by atoms with van der Waals surface area (Å²) in [5, 5.41) is 20.6. The molecule has 2 aromatic rings. The quantitative estimate of drug-likeness (QED) is 0.420. The van der Waals surface area contributed by atoms with Gasteiger partial charge in [0.2, 0.25) is 0 Å². The molecule has 0 bridgehead atoms. The molecule has 0 radical (unpaired) electrons. The summed E-state index contributed by atoms with van der Waals surface area (Å²) in [5.41, 5.74) is 1.11. The zero-order valence-corrected chi connectivity index (χ0v) is 16.6. The maximum Gasteiger partial charge on any atom is 0.295 e. The standard InChI is InChI=1S/C23H25NO5/c1-3-12-24-20(15-8-10-17(25)11-9-15)19(22(27)23(24)28)21(26)16-6-5-7-18(14-16)29-13-4-2/h5-11,14,20,25-26H,3-4,12-13H2,1-2H3/b21-19-. The Hall–Kier alpha value is -3.28. The summed E-state index contributed by atoms with van der Waals surface area (Å²) in [5.74, 6) is -0.914. The number of aromatic hydroxyl groups is 1. The number of aliphatic hydroxyl groups excluding tert-OH is 1. The molecular formula is C23H25NO5. The lowest BCUT2D eigenvalue weighted by molar-refractivity contribution is -0.139. The van der Waals surface area contributed by atoms with Gasteiger partial charge in [-0.3, -0.25) is 9.59 Å². The number of likely N-dealkylation sites (tertiary alicyclic amines) is 1. The van der Waals surface area contributed by atoms with Crippen molar-refractivity contribution in [2.45, 2.75) is 32.7 Å². The largest absolute Gasteiger partial charge is 0.508 e. The smallest absolute Gasteiger partial charge is 0.295 e. The third-order valence-corrected chi connectivity index (χ3v) is 4.79. The van der Waals surface area contributed by atoms with Gasteiger partial charge < -0.3 is 19.8 Å². The first-order chi connectivity index (χ1) is 14.0. The second-order valence-electron chi connectivity index (χ2n) is 6.96. The van der Waals surface area contributed by atoms with E-state index in [2.05, 4.69) is 0 Å². The number of ether oxygens (including phenoxy) is 1. The van der Waals surface area contributed by atoms with Crippen molar-refractivity contribution in [3.8, 4) is 11.5 Å². The van der Waals surface area contributed by atoms with Crippen LogP contribution in [0.1, 0.15) is 43.9 Å². The molecule has 1 unspecified atom stereocenters. The molecule has 0 saturated carbocycles. The minimum atomic E-state index is -0.714. The highest BCUT2D eigenvalue weighted by molar-refractivity contribution is 6.46. The lowest BCUT2D eigenvalue weighted by Crippen LogP contribution is -2.30. The molecule has 2 N–H and O–H groups in total. The van der Waals surface area contributed by atoms with Crippen molar-refractivity contribution in [1.29, 1.82) is 0 Å². The minimum Gasteiger partial charge on any atom is -0.508 e. The molecule has 1 amide bonds. The highest BCUT2D eigenvalue weighted by Crippen LogP contribution is 2.40. The SMILES string of the molecule is CCCOc1cccc(/C(O)=C2/C(=O)C(=O)N(CCC)C2c2ccc(O)cc2)c1. The van der Waals surface area contributed by atoms with Crippen LogP contribution in [0.2, 0.25) is 0 Å². The fourth-order valence-corrected chi connectivity index (χ4v) is 3.46. The number of hydrogen-bond acceptors (Lipinski definition) is 5. The second kappa shape index (κ2) is 8.82. The number of Topliss-reactive ketones (excluding diaryl/α,β-unsaturated/α-hetero) is 1. The number of hydrogen-bond donors (Lipinski definition) is 2. The van der Waals surface area contributed by atoms with Crippen LogP contribution in [0.4, 0.5) is 0 Å². The van der Waals surface area contributed by atoms with E-state index in [0.29, 0.717) is 36.4 Å². The summed E-state index contributed by atoms with van der Waals surface area (Å²) < 4.78 is 5.62. The Bertz CT molecular complexity index is 933. The average molecular weight is 395 g/mol. The highest BCUT2D eigenvalue weighted by Gasteiger charge is 2.45. The predicted molar refractivity (Wildman–Crippen MR) is 110 cm³/mol. The van der Waals surface area contributed by atoms with Crippen molar-refractivity contribution >= 4 is 17.4 Å². The van der Waals surface area contributed by atoms with Crippen LogP contribution in [0, 0.1) is 0 Å². The lowest BCUT2D eigenvalue weighted by atomic mass is 9.95. The van der Waals surface area contributed by atoms with Gasteiger partial charge in [-0.2, -0.15) is 0 Å². The maximum atomic E-state index is 12.8. The van der Waals surface area contributed by atoms with E-state index < -0.39 is 17.7 Å². The van der Waals surface area contributed by atoms with Crippen LogP contribution in [-0.2, 0) is 9.59 Å². The molecule has 1 heterocycles. The molecule has 1 fully saturated rings. The topological polar surface area (TPSA) is 87.1 Å². The molecule has 0 aromatic heterocycles. The lowest BCUT2D eigenvalue weighted by Gasteiger charge is -2.24. The molecule has 1 aliphatic heterocycles. The molecule has 152 valence electrons. The molecular weight excluding hydrogens is 370 g/mol. The first-order valence-electron chi connectivity index (χ1n) is 9.78. The Labute approximate surface area is 170 Å². The van der Waals surface area contributed by atoms with Gasteiger partial charge >= 0.3 is 0 Å². The highest BCUT2D eigenvalue weighted by atomic mass is 16.5. The number of carbonyl (C=O) groups is 2. The van der Waals surface area contributed by atoms with Gasteiger partial charge in [0.15, 0.2) is 0 Å². The number of phenolic OH excluding ortho intramolecular Hbond substituents is 1. The van der Waals surface area contributed by atoms with E-state index in [1.165, 1.54) is 17.0 Å². The normalized spacial score (nSPS) is 18.3. The maximum absolute atomic E-state index is 12.8. The van der Waals surface area contributed by atoms with Crippen LogP contribution in [0.3, 0.4) is 0 Å². The zero-order chi connectivity index (χ0) is 21.0. The van der Waals surface area contributed by atoms with Gasteiger partial charge in [-0.25, -0.2) is 0 Å². The predicted octanol–water partition coefficient (Wildman–Crippen LogP) is 4.01. The van der Waals surface area contributed by atoms with Gasteiger partial charge in [-0.1, -0.05) is 38.1 Å². The van der Waals surface area contributed by atoms with E-state index in [0.717, 1.165) is 6.42 Å². The van der Waals surface area contributed by atoms with Crippen molar-refractivity contribution in [2.24, 2.45) is 0 Å². The van der Waals surface area contributed by atoms with Crippen LogP contribution >= 0.6 is 0 Å². The van der Waals surface area contributed by atoms with Gasteiger partial charge in [-0.15, -0.1) is 0 Å². The van der Waals surface area contributed by atoms with Crippen molar-refractivity contribution in [3.63, 3.8) is 0 Å². The van der Waals surface area contributed by atoms with Gasteiger partial charge in [0.05, 0.1) is 18.2 Å². The van der Waals surface area contributed by atoms with Crippen molar-refractivity contribution in [3.05, 3.63) is 65.2 Å². The van der Waals surface area contributed by atoms with Crippen molar-refractivity contribution in [1.82, 2.24) is 4.90 Å². The first-order valence-corrected chi connectivity index (χ1v) is 9.78. The summed E-state index contributed by atoms with van der Waals surface area (Å²) in [6.45, 7) is 4.84. The molecule has 29 heavy (non-hydrogen) atoms. The van der Waals surface area contributed by atoms with E-state index in [1.807, 2.05) is 13.8 Å². The number of phenols is 1. The van der Waals surface area contributed by atoms with Crippen LogP contribution < -0.4 is 4.74 Å². The summed E-state index contributed by atoms with van der Waals surface area (Å²) in [6, 6.07) is 12.4. The number of rotatable bonds is 7. The van der Waals surface area contributed by atoms with Crippen LogP contribution in [0.5, 0.6) is 11.5 Å². The Balaban J connectivity index is 2.11. The van der Waals surface area contributed by atoms with Gasteiger partial charge in [-0.05, 0) is 42.7 Å². The summed E-state index contributed by atoms with van der Waals surface area (Å²) in [7, 11) is 0. The van der Waals surface area contributed by atoms with E-state index >= 15 is 0 Å².